The number of allylic oxidation sites excluding steroid dienone is 2. The van der Waals surface area contributed by atoms with E-state index in [4.69, 9.17) is 0 Å². The monoisotopic (exact) mass is 153 g/mol. The first-order chi connectivity index (χ1) is 5.43. The molecule has 1 heteroatoms. The summed E-state index contributed by atoms with van der Waals surface area (Å²) >= 11 is 0. The van der Waals surface area contributed by atoms with Gasteiger partial charge in [0.2, 0.25) is 0 Å². The minimum atomic E-state index is 1.21. The van der Waals surface area contributed by atoms with Crippen LogP contribution in [0.4, 0.5) is 0 Å². The fraction of sp³-hybridized carbons (Fsp3) is 0.800. The van der Waals surface area contributed by atoms with Crippen molar-refractivity contribution in [2.45, 2.75) is 39.0 Å². The Morgan fingerprint density at radius 3 is 2.64 bits per heavy atom. The second kappa shape index (κ2) is 5.36. The van der Waals surface area contributed by atoms with Crippen LogP contribution in [0.5, 0.6) is 0 Å². The van der Waals surface area contributed by atoms with E-state index in [1.54, 1.807) is 5.57 Å². The molecule has 1 nitrogen and oxygen atoms in total. The molecule has 0 amide bonds. The molecule has 1 rings (SSSR count). The second-order valence-electron chi connectivity index (χ2n) is 3.26. The highest BCUT2D eigenvalue weighted by molar-refractivity contribution is 5.00. The molecule has 0 spiro atoms. The summed E-state index contributed by atoms with van der Waals surface area (Å²) in [6.07, 6.45) is 8.97. The lowest BCUT2D eigenvalue weighted by molar-refractivity contribution is 0.633. The standard InChI is InChI=1S/C10H19N/c1-2-10-6-3-4-8-11-9-5-7-10/h2,11H,3-9H2,1H3/b10-2-. The fourth-order valence-corrected chi connectivity index (χ4v) is 1.58. The van der Waals surface area contributed by atoms with E-state index >= 15 is 0 Å². The van der Waals surface area contributed by atoms with E-state index in [-0.39, 0.29) is 0 Å². The van der Waals surface area contributed by atoms with Crippen molar-refractivity contribution in [3.8, 4) is 0 Å². The van der Waals surface area contributed by atoms with Gasteiger partial charge in [-0.25, -0.2) is 0 Å². The van der Waals surface area contributed by atoms with E-state index in [1.807, 2.05) is 0 Å². The molecule has 1 aliphatic heterocycles. The van der Waals surface area contributed by atoms with Crippen molar-refractivity contribution in [1.29, 1.82) is 0 Å². The normalized spacial score (nSPS) is 25.7. The molecule has 0 aromatic rings. The first kappa shape index (κ1) is 8.79. The molecule has 1 heterocycles. The largest absolute Gasteiger partial charge is 0.317 e. The maximum Gasteiger partial charge on any atom is -0.00459 e. The molecule has 0 radical (unpaired) electrons. The average molecular weight is 153 g/mol. The number of rotatable bonds is 0. The van der Waals surface area contributed by atoms with Gasteiger partial charge in [0.05, 0.1) is 0 Å². The van der Waals surface area contributed by atoms with Gasteiger partial charge in [0, 0.05) is 0 Å². The molecule has 1 saturated heterocycles. The van der Waals surface area contributed by atoms with Gasteiger partial charge in [0.25, 0.3) is 0 Å². The lowest BCUT2D eigenvalue weighted by atomic mass is 10.0. The summed E-state index contributed by atoms with van der Waals surface area (Å²) in [5.41, 5.74) is 1.66. The molecule has 1 aliphatic rings. The van der Waals surface area contributed by atoms with Crippen LogP contribution >= 0.6 is 0 Å². The molecule has 0 unspecified atom stereocenters. The minimum Gasteiger partial charge on any atom is -0.317 e. The SMILES string of the molecule is C/C=C1/CCCCNCCC1. The van der Waals surface area contributed by atoms with Crippen molar-refractivity contribution in [2.75, 3.05) is 13.1 Å². The molecular weight excluding hydrogens is 134 g/mol. The van der Waals surface area contributed by atoms with E-state index in [0.29, 0.717) is 0 Å². The van der Waals surface area contributed by atoms with E-state index in [9.17, 15) is 0 Å². The van der Waals surface area contributed by atoms with Crippen LogP contribution in [-0.4, -0.2) is 13.1 Å². The van der Waals surface area contributed by atoms with Crippen LogP contribution in [0, 0.1) is 0 Å². The quantitative estimate of drug-likeness (QED) is 0.527. The third kappa shape index (κ3) is 3.57. The van der Waals surface area contributed by atoms with E-state index in [2.05, 4.69) is 18.3 Å². The zero-order valence-corrected chi connectivity index (χ0v) is 7.53. The van der Waals surface area contributed by atoms with Gasteiger partial charge in [0.15, 0.2) is 0 Å². The Kier molecular flexibility index (Phi) is 4.29. The van der Waals surface area contributed by atoms with Crippen LogP contribution in [0.3, 0.4) is 0 Å². The maximum atomic E-state index is 3.44. The predicted octanol–water partition coefficient (Wildman–Crippen LogP) is 2.49. The number of nitrogens with one attached hydrogen (secondary N) is 1. The topological polar surface area (TPSA) is 12.0 Å². The minimum absolute atomic E-state index is 1.21. The Balaban J connectivity index is 2.31. The second-order valence-corrected chi connectivity index (χ2v) is 3.26. The van der Waals surface area contributed by atoms with Crippen LogP contribution in [0.2, 0.25) is 0 Å². The van der Waals surface area contributed by atoms with Crippen molar-refractivity contribution < 1.29 is 0 Å². The molecule has 0 saturated carbocycles. The summed E-state index contributed by atoms with van der Waals surface area (Å²) in [7, 11) is 0. The van der Waals surface area contributed by atoms with Crippen molar-refractivity contribution in [2.24, 2.45) is 0 Å². The summed E-state index contributed by atoms with van der Waals surface area (Å²) < 4.78 is 0. The average Bonchev–Trinajstić information content (AvgIpc) is 2.16. The Morgan fingerprint density at radius 2 is 1.82 bits per heavy atom. The van der Waals surface area contributed by atoms with E-state index in [0.717, 1.165) is 0 Å². The smallest absolute Gasteiger partial charge is 0.00459 e. The molecule has 1 fully saturated rings. The highest BCUT2D eigenvalue weighted by Crippen LogP contribution is 2.14. The van der Waals surface area contributed by atoms with Crippen LogP contribution in [0.1, 0.15) is 39.0 Å². The number of hydrogen-bond acceptors (Lipinski definition) is 1. The molecule has 0 bridgehead atoms. The summed E-state index contributed by atoms with van der Waals surface area (Å²) in [6, 6.07) is 0. The molecule has 1 N–H and O–H groups in total. The number of hydrogen-bond donors (Lipinski definition) is 1. The van der Waals surface area contributed by atoms with Crippen molar-refractivity contribution in [1.82, 2.24) is 5.32 Å². The zero-order valence-electron chi connectivity index (χ0n) is 7.53. The molecule has 64 valence electrons. The first-order valence-corrected chi connectivity index (χ1v) is 4.78. The Bertz CT molecular complexity index is 115. The highest BCUT2D eigenvalue weighted by Gasteiger charge is 1.99. The third-order valence-corrected chi connectivity index (χ3v) is 2.36. The summed E-state index contributed by atoms with van der Waals surface area (Å²) in [5.74, 6) is 0. The Labute approximate surface area is 69.9 Å². The molecule has 11 heavy (non-hydrogen) atoms. The van der Waals surface area contributed by atoms with Crippen molar-refractivity contribution in [3.63, 3.8) is 0 Å². The van der Waals surface area contributed by atoms with Gasteiger partial charge in [-0.2, -0.15) is 0 Å². The fourth-order valence-electron chi connectivity index (χ4n) is 1.58. The molecule has 0 aliphatic carbocycles. The van der Waals surface area contributed by atoms with Gasteiger partial charge < -0.3 is 5.32 Å². The lowest BCUT2D eigenvalue weighted by Crippen LogP contribution is -2.15. The summed E-state index contributed by atoms with van der Waals surface area (Å²) in [5, 5.41) is 3.44. The summed E-state index contributed by atoms with van der Waals surface area (Å²) in [6.45, 7) is 4.59. The van der Waals surface area contributed by atoms with E-state index in [1.165, 1.54) is 45.2 Å². The first-order valence-electron chi connectivity index (χ1n) is 4.78. The van der Waals surface area contributed by atoms with Crippen molar-refractivity contribution >= 4 is 0 Å². The Morgan fingerprint density at radius 1 is 1.09 bits per heavy atom. The van der Waals surface area contributed by atoms with Crippen LogP contribution in [-0.2, 0) is 0 Å². The molecule has 0 aromatic heterocycles. The van der Waals surface area contributed by atoms with E-state index < -0.39 is 0 Å². The summed E-state index contributed by atoms with van der Waals surface area (Å²) in [4.78, 5) is 0. The van der Waals surface area contributed by atoms with Crippen LogP contribution < -0.4 is 5.32 Å². The molecule has 0 atom stereocenters. The van der Waals surface area contributed by atoms with Gasteiger partial charge in [-0.3, -0.25) is 0 Å². The predicted molar refractivity (Wildman–Crippen MR) is 49.7 cm³/mol. The zero-order chi connectivity index (χ0) is 7.94. The van der Waals surface area contributed by atoms with Gasteiger partial charge in [-0.05, 0) is 52.1 Å². The molecular formula is C10H19N. The van der Waals surface area contributed by atoms with Gasteiger partial charge in [-0.1, -0.05) is 11.6 Å². The van der Waals surface area contributed by atoms with Gasteiger partial charge >= 0.3 is 0 Å². The third-order valence-electron chi connectivity index (χ3n) is 2.36. The highest BCUT2D eigenvalue weighted by atomic mass is 14.8. The van der Waals surface area contributed by atoms with Crippen molar-refractivity contribution in [3.05, 3.63) is 11.6 Å². The lowest BCUT2D eigenvalue weighted by Gasteiger charge is -2.02. The Hall–Kier alpha value is -0.300. The van der Waals surface area contributed by atoms with Crippen LogP contribution in [0.15, 0.2) is 11.6 Å². The molecule has 0 aromatic carbocycles. The van der Waals surface area contributed by atoms with Gasteiger partial charge in [-0.15, -0.1) is 0 Å². The maximum absolute atomic E-state index is 3.44. The van der Waals surface area contributed by atoms with Gasteiger partial charge in [0.1, 0.15) is 0 Å². The van der Waals surface area contributed by atoms with Crippen LogP contribution in [0.25, 0.3) is 0 Å².